The van der Waals surface area contributed by atoms with Gasteiger partial charge >= 0.3 is 11.9 Å². The Balaban J connectivity index is 2.68. The van der Waals surface area contributed by atoms with Crippen molar-refractivity contribution < 1.29 is 19.1 Å². The fourth-order valence-electron chi connectivity index (χ4n) is 3.29. The standard InChI is InChI=1S/C24H38O4/c1-5-9-10-13-18-27-23(25)21-14-11-12-15-22(21)24(26)28-20(8-4)17-16-19(6-2)7-3/h11-12,14-15,19-20H,5-10,13,16-18H2,1-4H3. The average molecular weight is 391 g/mol. The maximum Gasteiger partial charge on any atom is 0.339 e. The minimum absolute atomic E-state index is 0.119. The van der Waals surface area contributed by atoms with Crippen LogP contribution in [0.4, 0.5) is 0 Å². The Morgan fingerprint density at radius 3 is 2.04 bits per heavy atom. The zero-order valence-corrected chi connectivity index (χ0v) is 18.2. The summed E-state index contributed by atoms with van der Waals surface area (Å²) in [5, 5.41) is 0. The van der Waals surface area contributed by atoms with Gasteiger partial charge in [-0.15, -0.1) is 0 Å². The number of benzene rings is 1. The molecule has 28 heavy (non-hydrogen) atoms. The van der Waals surface area contributed by atoms with Crippen LogP contribution < -0.4 is 0 Å². The van der Waals surface area contributed by atoms with E-state index in [-0.39, 0.29) is 11.7 Å². The summed E-state index contributed by atoms with van der Waals surface area (Å²) in [7, 11) is 0. The maximum absolute atomic E-state index is 12.7. The van der Waals surface area contributed by atoms with Crippen molar-refractivity contribution in [1.82, 2.24) is 0 Å². The molecule has 0 fully saturated rings. The summed E-state index contributed by atoms with van der Waals surface area (Å²) in [5.41, 5.74) is 0.583. The predicted molar refractivity (Wildman–Crippen MR) is 114 cm³/mol. The van der Waals surface area contributed by atoms with Crippen molar-refractivity contribution >= 4 is 11.9 Å². The van der Waals surface area contributed by atoms with E-state index in [1.54, 1.807) is 24.3 Å². The third kappa shape index (κ3) is 8.45. The van der Waals surface area contributed by atoms with Gasteiger partial charge in [-0.2, -0.15) is 0 Å². The van der Waals surface area contributed by atoms with Gasteiger partial charge in [0.25, 0.3) is 0 Å². The summed E-state index contributed by atoms with van der Waals surface area (Å²) in [5.74, 6) is -0.216. The van der Waals surface area contributed by atoms with Crippen LogP contribution in [-0.4, -0.2) is 24.6 Å². The van der Waals surface area contributed by atoms with Gasteiger partial charge < -0.3 is 9.47 Å². The second kappa shape index (κ2) is 14.2. The summed E-state index contributed by atoms with van der Waals surface area (Å²) < 4.78 is 11.1. The van der Waals surface area contributed by atoms with Gasteiger partial charge in [0.2, 0.25) is 0 Å². The molecule has 1 aromatic rings. The number of carbonyl (C=O) groups is 2. The predicted octanol–water partition coefficient (Wildman–Crippen LogP) is 6.58. The Labute approximate surface area is 171 Å². The third-order valence-electron chi connectivity index (χ3n) is 5.38. The molecular formula is C24H38O4. The molecule has 0 aliphatic heterocycles. The molecule has 0 bridgehead atoms. The first-order valence-electron chi connectivity index (χ1n) is 11.0. The first-order chi connectivity index (χ1) is 13.6. The maximum atomic E-state index is 12.7. The Morgan fingerprint density at radius 2 is 1.46 bits per heavy atom. The minimum atomic E-state index is -0.450. The Kier molecular flexibility index (Phi) is 12.3. The van der Waals surface area contributed by atoms with E-state index in [0.717, 1.165) is 57.8 Å². The lowest BCUT2D eigenvalue weighted by Gasteiger charge is -2.20. The molecule has 1 atom stereocenters. The van der Waals surface area contributed by atoms with Crippen LogP contribution in [0.3, 0.4) is 0 Å². The van der Waals surface area contributed by atoms with Crippen LogP contribution in [0.2, 0.25) is 0 Å². The van der Waals surface area contributed by atoms with Gasteiger partial charge in [0.1, 0.15) is 6.10 Å². The summed E-state index contributed by atoms with van der Waals surface area (Å²) in [6, 6.07) is 6.77. The summed E-state index contributed by atoms with van der Waals surface area (Å²) in [4.78, 5) is 25.1. The molecule has 0 saturated heterocycles. The van der Waals surface area contributed by atoms with E-state index in [9.17, 15) is 9.59 Å². The second-order valence-corrected chi connectivity index (χ2v) is 7.44. The van der Waals surface area contributed by atoms with Gasteiger partial charge in [0, 0.05) is 0 Å². The molecule has 0 spiro atoms. The van der Waals surface area contributed by atoms with Gasteiger partial charge in [-0.1, -0.05) is 71.9 Å². The molecule has 0 aliphatic rings. The number of esters is 2. The fraction of sp³-hybridized carbons (Fsp3) is 0.667. The number of hydrogen-bond donors (Lipinski definition) is 0. The van der Waals surface area contributed by atoms with Gasteiger partial charge in [-0.05, 0) is 43.7 Å². The van der Waals surface area contributed by atoms with E-state index in [1.807, 2.05) is 6.92 Å². The van der Waals surface area contributed by atoms with Crippen molar-refractivity contribution in [3.8, 4) is 0 Å². The number of hydrogen-bond acceptors (Lipinski definition) is 4. The van der Waals surface area contributed by atoms with Crippen molar-refractivity contribution in [3.63, 3.8) is 0 Å². The molecule has 4 heteroatoms. The van der Waals surface area contributed by atoms with E-state index in [1.165, 1.54) is 0 Å². The topological polar surface area (TPSA) is 52.6 Å². The first kappa shape index (κ1) is 24.2. The smallest absolute Gasteiger partial charge is 0.339 e. The quantitative estimate of drug-likeness (QED) is 0.266. The van der Waals surface area contributed by atoms with E-state index < -0.39 is 11.9 Å². The first-order valence-corrected chi connectivity index (χ1v) is 11.0. The molecule has 0 aliphatic carbocycles. The number of ether oxygens (including phenoxy) is 2. The monoisotopic (exact) mass is 390 g/mol. The molecule has 158 valence electrons. The lowest BCUT2D eigenvalue weighted by atomic mass is 9.95. The highest BCUT2D eigenvalue weighted by molar-refractivity contribution is 6.03. The molecule has 0 radical (unpaired) electrons. The Bertz CT molecular complexity index is 578. The van der Waals surface area contributed by atoms with Crippen molar-refractivity contribution in [3.05, 3.63) is 35.4 Å². The largest absolute Gasteiger partial charge is 0.462 e. The lowest BCUT2D eigenvalue weighted by molar-refractivity contribution is 0.0248. The van der Waals surface area contributed by atoms with Gasteiger partial charge in [-0.25, -0.2) is 9.59 Å². The second-order valence-electron chi connectivity index (χ2n) is 7.44. The SMILES string of the molecule is CCCCCCOC(=O)c1ccccc1C(=O)OC(CC)CCC(CC)CC. The van der Waals surface area contributed by atoms with Gasteiger partial charge in [-0.3, -0.25) is 0 Å². The zero-order valence-electron chi connectivity index (χ0n) is 18.2. The Morgan fingerprint density at radius 1 is 0.821 bits per heavy atom. The van der Waals surface area contributed by atoms with E-state index in [0.29, 0.717) is 18.1 Å². The average Bonchev–Trinajstić information content (AvgIpc) is 2.73. The molecule has 4 nitrogen and oxygen atoms in total. The lowest BCUT2D eigenvalue weighted by Crippen LogP contribution is -2.21. The van der Waals surface area contributed by atoms with Crippen molar-refractivity contribution in [2.24, 2.45) is 5.92 Å². The van der Waals surface area contributed by atoms with Crippen molar-refractivity contribution in [2.75, 3.05) is 6.61 Å². The van der Waals surface area contributed by atoms with Crippen LogP contribution in [0, 0.1) is 5.92 Å². The van der Waals surface area contributed by atoms with Crippen LogP contribution in [0.25, 0.3) is 0 Å². The van der Waals surface area contributed by atoms with E-state index in [2.05, 4.69) is 20.8 Å². The zero-order chi connectivity index (χ0) is 20.8. The molecule has 0 heterocycles. The highest BCUT2D eigenvalue weighted by Gasteiger charge is 2.22. The van der Waals surface area contributed by atoms with E-state index in [4.69, 9.17) is 9.47 Å². The number of unbranched alkanes of at least 4 members (excludes halogenated alkanes) is 3. The number of rotatable bonds is 14. The molecule has 0 saturated carbocycles. The highest BCUT2D eigenvalue weighted by Crippen LogP contribution is 2.20. The summed E-state index contributed by atoms with van der Waals surface area (Å²) >= 11 is 0. The molecule has 1 aromatic carbocycles. The van der Waals surface area contributed by atoms with E-state index >= 15 is 0 Å². The van der Waals surface area contributed by atoms with Crippen LogP contribution in [-0.2, 0) is 9.47 Å². The molecule has 0 amide bonds. The van der Waals surface area contributed by atoms with Gasteiger partial charge in [0.15, 0.2) is 0 Å². The normalized spacial score (nSPS) is 12.0. The molecular weight excluding hydrogens is 352 g/mol. The molecule has 0 aromatic heterocycles. The van der Waals surface area contributed by atoms with Crippen molar-refractivity contribution in [1.29, 1.82) is 0 Å². The molecule has 1 unspecified atom stereocenters. The number of carbonyl (C=O) groups excluding carboxylic acids is 2. The molecule has 0 N–H and O–H groups in total. The minimum Gasteiger partial charge on any atom is -0.462 e. The summed E-state index contributed by atoms with van der Waals surface area (Å²) in [6.45, 7) is 8.95. The fourth-order valence-corrected chi connectivity index (χ4v) is 3.29. The Hall–Kier alpha value is -1.84. The van der Waals surface area contributed by atoms with Crippen LogP contribution in [0.1, 0.15) is 106 Å². The van der Waals surface area contributed by atoms with Crippen LogP contribution in [0.5, 0.6) is 0 Å². The van der Waals surface area contributed by atoms with Gasteiger partial charge in [0.05, 0.1) is 17.7 Å². The highest BCUT2D eigenvalue weighted by atomic mass is 16.5. The third-order valence-corrected chi connectivity index (χ3v) is 5.38. The van der Waals surface area contributed by atoms with Crippen LogP contribution in [0.15, 0.2) is 24.3 Å². The summed E-state index contributed by atoms with van der Waals surface area (Å²) in [6.07, 6.45) is 9.03. The van der Waals surface area contributed by atoms with Crippen LogP contribution >= 0.6 is 0 Å². The van der Waals surface area contributed by atoms with Crippen molar-refractivity contribution in [2.45, 2.75) is 91.6 Å². The molecule has 1 rings (SSSR count).